The van der Waals surface area contributed by atoms with Gasteiger partial charge in [0.2, 0.25) is 0 Å². The van der Waals surface area contributed by atoms with Gasteiger partial charge in [-0.2, -0.15) is 0 Å². The Morgan fingerprint density at radius 3 is 2.53 bits per heavy atom. The first-order valence-corrected chi connectivity index (χ1v) is 8.20. The quantitative estimate of drug-likeness (QED) is 0.769. The van der Waals surface area contributed by atoms with Crippen LogP contribution in [-0.2, 0) is 6.42 Å². The van der Waals surface area contributed by atoms with Crippen LogP contribution >= 0.6 is 15.9 Å². The number of nitrogens with two attached hydrogens (primary N) is 1. The normalized spacial score (nSPS) is 12.5. The average molecular weight is 327 g/mol. The van der Waals surface area contributed by atoms with Crippen molar-refractivity contribution in [3.63, 3.8) is 0 Å². The molecule has 108 valence electrons. The van der Waals surface area contributed by atoms with Crippen molar-refractivity contribution in [2.75, 3.05) is 18.0 Å². The van der Waals surface area contributed by atoms with E-state index in [1.54, 1.807) is 0 Å². The van der Waals surface area contributed by atoms with Gasteiger partial charge in [0.1, 0.15) is 0 Å². The van der Waals surface area contributed by atoms with Crippen molar-refractivity contribution in [3.05, 3.63) is 28.2 Å². The van der Waals surface area contributed by atoms with Crippen LogP contribution in [0, 0.1) is 0 Å². The summed E-state index contributed by atoms with van der Waals surface area (Å²) in [5, 5.41) is 0. The number of halogens is 1. The number of hydrogen-bond donors (Lipinski definition) is 1. The summed E-state index contributed by atoms with van der Waals surface area (Å²) < 4.78 is 1.19. The zero-order valence-electron chi connectivity index (χ0n) is 12.5. The minimum Gasteiger partial charge on any atom is -0.371 e. The van der Waals surface area contributed by atoms with Gasteiger partial charge in [0, 0.05) is 23.6 Å². The Labute approximate surface area is 126 Å². The summed E-state index contributed by atoms with van der Waals surface area (Å²) >= 11 is 3.71. The Bertz CT molecular complexity index is 379. The van der Waals surface area contributed by atoms with E-state index in [0.29, 0.717) is 0 Å². The maximum absolute atomic E-state index is 6.02. The first kappa shape index (κ1) is 16.5. The Kier molecular flexibility index (Phi) is 7.47. The van der Waals surface area contributed by atoms with E-state index in [9.17, 15) is 0 Å². The number of unbranched alkanes of at least 4 members (excludes halogenated alkanes) is 1. The first-order chi connectivity index (χ1) is 9.12. The smallest absolute Gasteiger partial charge is 0.0510 e. The highest BCUT2D eigenvalue weighted by molar-refractivity contribution is 9.10. The molecule has 1 atom stereocenters. The zero-order valence-corrected chi connectivity index (χ0v) is 14.0. The van der Waals surface area contributed by atoms with Crippen LogP contribution in [-0.4, -0.2) is 19.1 Å². The maximum Gasteiger partial charge on any atom is 0.0510 e. The summed E-state index contributed by atoms with van der Waals surface area (Å²) in [5.74, 6) is 0. The molecule has 19 heavy (non-hydrogen) atoms. The lowest BCUT2D eigenvalue weighted by molar-refractivity contribution is 0.646. The predicted molar refractivity (Wildman–Crippen MR) is 88.9 cm³/mol. The van der Waals surface area contributed by atoms with Crippen molar-refractivity contribution in [1.82, 2.24) is 0 Å². The summed E-state index contributed by atoms with van der Waals surface area (Å²) in [4.78, 5) is 2.43. The van der Waals surface area contributed by atoms with Crippen LogP contribution in [0.3, 0.4) is 0 Å². The number of anilines is 1. The lowest BCUT2D eigenvalue weighted by atomic mass is 10.0. The van der Waals surface area contributed by atoms with E-state index in [-0.39, 0.29) is 6.04 Å². The van der Waals surface area contributed by atoms with Gasteiger partial charge in [0.05, 0.1) is 5.69 Å². The molecule has 0 aliphatic carbocycles. The van der Waals surface area contributed by atoms with Gasteiger partial charge in [0.15, 0.2) is 0 Å². The lowest BCUT2D eigenvalue weighted by Crippen LogP contribution is -2.24. The van der Waals surface area contributed by atoms with Crippen LogP contribution in [0.15, 0.2) is 22.7 Å². The van der Waals surface area contributed by atoms with Crippen molar-refractivity contribution >= 4 is 21.6 Å². The molecule has 0 radical (unpaired) electrons. The summed E-state index contributed by atoms with van der Waals surface area (Å²) in [5.41, 5.74) is 8.63. The molecule has 0 saturated carbocycles. The van der Waals surface area contributed by atoms with Gasteiger partial charge in [-0.1, -0.05) is 26.3 Å². The van der Waals surface area contributed by atoms with Gasteiger partial charge in [-0.25, -0.2) is 0 Å². The Hall–Kier alpha value is -0.540. The molecular weight excluding hydrogens is 300 g/mol. The summed E-state index contributed by atoms with van der Waals surface area (Å²) in [6.45, 7) is 8.75. The van der Waals surface area contributed by atoms with Crippen LogP contribution in [0.25, 0.3) is 0 Å². The molecule has 0 spiro atoms. The molecule has 1 aromatic carbocycles. The number of hydrogen-bond acceptors (Lipinski definition) is 2. The highest BCUT2D eigenvalue weighted by Gasteiger charge is 2.09. The Balaban J connectivity index is 2.80. The van der Waals surface area contributed by atoms with Crippen molar-refractivity contribution < 1.29 is 0 Å². The molecule has 0 amide bonds. The minimum absolute atomic E-state index is 0.264. The molecule has 0 fully saturated rings. The molecule has 2 nitrogen and oxygen atoms in total. The second kappa shape index (κ2) is 8.60. The van der Waals surface area contributed by atoms with Gasteiger partial charge in [-0.3, -0.25) is 0 Å². The van der Waals surface area contributed by atoms with Crippen LogP contribution in [0.2, 0.25) is 0 Å². The van der Waals surface area contributed by atoms with Crippen LogP contribution in [0.5, 0.6) is 0 Å². The SMILES string of the molecule is CCCCN(CC)c1ccc(CC(N)CC)cc1Br. The van der Waals surface area contributed by atoms with E-state index in [1.807, 2.05) is 0 Å². The second-order valence-corrected chi connectivity index (χ2v) is 5.95. The number of benzene rings is 1. The van der Waals surface area contributed by atoms with E-state index in [4.69, 9.17) is 5.73 Å². The molecule has 1 unspecified atom stereocenters. The molecule has 0 heterocycles. The minimum atomic E-state index is 0.264. The van der Waals surface area contributed by atoms with Gasteiger partial charge in [-0.05, 0) is 59.8 Å². The third-order valence-electron chi connectivity index (χ3n) is 3.54. The maximum atomic E-state index is 6.02. The fraction of sp³-hybridized carbons (Fsp3) is 0.625. The Morgan fingerprint density at radius 2 is 2.00 bits per heavy atom. The molecular formula is C16H27BrN2. The largest absolute Gasteiger partial charge is 0.371 e. The average Bonchev–Trinajstić information content (AvgIpc) is 2.41. The molecule has 2 N–H and O–H groups in total. The lowest BCUT2D eigenvalue weighted by Gasteiger charge is -2.24. The third-order valence-corrected chi connectivity index (χ3v) is 4.17. The van der Waals surface area contributed by atoms with Gasteiger partial charge >= 0.3 is 0 Å². The van der Waals surface area contributed by atoms with Crippen LogP contribution in [0.1, 0.15) is 45.6 Å². The molecule has 1 aromatic rings. The van der Waals surface area contributed by atoms with Gasteiger partial charge < -0.3 is 10.6 Å². The second-order valence-electron chi connectivity index (χ2n) is 5.09. The Morgan fingerprint density at radius 1 is 1.26 bits per heavy atom. The van der Waals surface area contributed by atoms with Crippen molar-refractivity contribution in [2.24, 2.45) is 5.73 Å². The van der Waals surface area contributed by atoms with Crippen molar-refractivity contribution in [1.29, 1.82) is 0 Å². The third kappa shape index (κ3) is 5.15. The molecule has 0 aliphatic rings. The molecule has 0 aliphatic heterocycles. The molecule has 0 aromatic heterocycles. The van der Waals surface area contributed by atoms with E-state index in [0.717, 1.165) is 25.9 Å². The predicted octanol–water partition coefficient (Wildman–Crippen LogP) is 4.36. The fourth-order valence-corrected chi connectivity index (χ4v) is 2.86. The van der Waals surface area contributed by atoms with Crippen LogP contribution < -0.4 is 10.6 Å². The highest BCUT2D eigenvalue weighted by atomic mass is 79.9. The summed E-state index contributed by atoms with van der Waals surface area (Å²) in [6.07, 6.45) is 4.45. The summed E-state index contributed by atoms with van der Waals surface area (Å²) in [7, 11) is 0. The molecule has 3 heteroatoms. The van der Waals surface area contributed by atoms with E-state index in [2.05, 4.69) is 59.8 Å². The summed E-state index contributed by atoms with van der Waals surface area (Å²) in [6, 6.07) is 6.92. The highest BCUT2D eigenvalue weighted by Crippen LogP contribution is 2.28. The monoisotopic (exact) mass is 326 g/mol. The van der Waals surface area contributed by atoms with Crippen molar-refractivity contribution in [3.8, 4) is 0 Å². The topological polar surface area (TPSA) is 29.3 Å². The van der Waals surface area contributed by atoms with E-state index < -0.39 is 0 Å². The molecule has 1 rings (SSSR count). The van der Waals surface area contributed by atoms with Gasteiger partial charge in [0.25, 0.3) is 0 Å². The van der Waals surface area contributed by atoms with Crippen molar-refractivity contribution in [2.45, 2.75) is 52.5 Å². The van der Waals surface area contributed by atoms with Gasteiger partial charge in [-0.15, -0.1) is 0 Å². The van der Waals surface area contributed by atoms with E-state index in [1.165, 1.54) is 28.6 Å². The first-order valence-electron chi connectivity index (χ1n) is 7.41. The fourth-order valence-electron chi connectivity index (χ4n) is 2.18. The zero-order chi connectivity index (χ0) is 14.3. The standard InChI is InChI=1S/C16H27BrN2/c1-4-7-10-19(6-3)16-9-8-13(12-15(16)17)11-14(18)5-2/h8-9,12,14H,4-7,10-11,18H2,1-3H3. The van der Waals surface area contributed by atoms with E-state index >= 15 is 0 Å². The van der Waals surface area contributed by atoms with Crippen LogP contribution in [0.4, 0.5) is 5.69 Å². The molecule has 0 saturated heterocycles. The number of rotatable bonds is 8. The number of nitrogens with zero attached hydrogens (tertiary/aromatic N) is 1. The molecule has 0 bridgehead atoms.